The second-order valence-electron chi connectivity index (χ2n) is 3.97. The molecule has 0 fully saturated rings. The molecule has 0 amide bonds. The van der Waals surface area contributed by atoms with Crippen molar-refractivity contribution >= 4 is 11.9 Å². The van der Waals surface area contributed by atoms with E-state index in [0.717, 1.165) is 18.9 Å². The van der Waals surface area contributed by atoms with Crippen LogP contribution in [0.1, 0.15) is 51.9 Å². The molecular weight excluding hydrogens is 232 g/mol. The zero-order valence-corrected chi connectivity index (χ0v) is 11.2. The molecule has 0 rings (SSSR count). The third kappa shape index (κ3) is 16.8. The van der Waals surface area contributed by atoms with Gasteiger partial charge in [-0.1, -0.05) is 52.2 Å². The summed E-state index contributed by atoms with van der Waals surface area (Å²) in [5.41, 5.74) is 0.343. The van der Waals surface area contributed by atoms with Crippen molar-refractivity contribution in [1.29, 1.82) is 0 Å². The van der Waals surface area contributed by atoms with Gasteiger partial charge in [0, 0.05) is 11.6 Å². The number of aliphatic carboxylic acids is 2. The number of hydrogen-bond acceptors (Lipinski definition) is 2. The summed E-state index contributed by atoms with van der Waals surface area (Å²) in [5, 5.41) is 16.1. The smallest absolute Gasteiger partial charge is 0.330 e. The van der Waals surface area contributed by atoms with E-state index in [2.05, 4.69) is 20.1 Å². The molecule has 4 nitrogen and oxygen atoms in total. The van der Waals surface area contributed by atoms with Gasteiger partial charge in [-0.2, -0.15) is 0 Å². The molecule has 0 aromatic heterocycles. The zero-order valence-electron chi connectivity index (χ0n) is 11.2. The molecule has 0 spiro atoms. The summed E-state index contributed by atoms with van der Waals surface area (Å²) in [7, 11) is 0. The molecule has 0 saturated carbocycles. The maximum absolute atomic E-state index is 10.4. The van der Waals surface area contributed by atoms with Gasteiger partial charge in [-0.3, -0.25) is 0 Å². The lowest BCUT2D eigenvalue weighted by Gasteiger charge is -2.00. The summed E-state index contributed by atoms with van der Waals surface area (Å²) in [5.74, 6) is -1.83. The monoisotopic (exact) mass is 256 g/mol. The van der Waals surface area contributed by atoms with Gasteiger partial charge in [0.25, 0.3) is 0 Å². The number of carboxylic acid groups (broad SMARTS) is 2. The zero-order chi connectivity index (χ0) is 14.4. The molecule has 0 bridgehead atoms. The molecular formula is C14H24O4. The third-order valence-electron chi connectivity index (χ3n) is 2.31. The Kier molecular flexibility index (Phi) is 14.1. The maximum Gasteiger partial charge on any atom is 0.330 e. The van der Waals surface area contributed by atoms with Crippen LogP contribution >= 0.6 is 0 Å². The van der Waals surface area contributed by atoms with Gasteiger partial charge >= 0.3 is 11.9 Å². The molecule has 0 saturated heterocycles. The van der Waals surface area contributed by atoms with Crippen LogP contribution < -0.4 is 0 Å². The Morgan fingerprint density at radius 3 is 1.89 bits per heavy atom. The summed E-state index contributed by atoms with van der Waals surface area (Å²) in [6.07, 6.45) is 8.61. The quantitative estimate of drug-likeness (QED) is 0.488. The van der Waals surface area contributed by atoms with E-state index in [9.17, 15) is 9.59 Å². The SMILES string of the molecule is C=C(CCCCCCCC)C(=O)O.C=CC(=O)O. The van der Waals surface area contributed by atoms with Crippen molar-refractivity contribution in [2.75, 3.05) is 0 Å². The molecule has 0 aromatic rings. The first-order valence-electron chi connectivity index (χ1n) is 6.22. The van der Waals surface area contributed by atoms with Crippen molar-refractivity contribution < 1.29 is 19.8 Å². The minimum Gasteiger partial charge on any atom is -0.478 e. The van der Waals surface area contributed by atoms with Gasteiger partial charge < -0.3 is 10.2 Å². The van der Waals surface area contributed by atoms with Gasteiger partial charge in [0.05, 0.1) is 0 Å². The van der Waals surface area contributed by atoms with Gasteiger partial charge in [-0.15, -0.1) is 0 Å². The largest absolute Gasteiger partial charge is 0.478 e. The molecule has 0 aliphatic carbocycles. The normalized spacial score (nSPS) is 8.94. The molecule has 0 aromatic carbocycles. The van der Waals surface area contributed by atoms with Crippen molar-refractivity contribution in [3.05, 3.63) is 24.8 Å². The first-order valence-corrected chi connectivity index (χ1v) is 6.22. The number of carbonyl (C=O) groups is 2. The Bertz CT molecular complexity index is 269. The van der Waals surface area contributed by atoms with Crippen LogP contribution in [0.15, 0.2) is 24.8 Å². The summed E-state index contributed by atoms with van der Waals surface area (Å²) in [6.45, 7) is 8.64. The Hall–Kier alpha value is -1.58. The first kappa shape index (κ1) is 18.8. The molecule has 18 heavy (non-hydrogen) atoms. The maximum atomic E-state index is 10.4. The van der Waals surface area contributed by atoms with Gasteiger partial charge in [-0.05, 0) is 12.8 Å². The molecule has 4 heteroatoms. The van der Waals surface area contributed by atoms with Gasteiger partial charge in [0.15, 0.2) is 0 Å². The van der Waals surface area contributed by atoms with Crippen molar-refractivity contribution in [3.8, 4) is 0 Å². The highest BCUT2D eigenvalue weighted by Gasteiger charge is 2.02. The number of hydrogen-bond donors (Lipinski definition) is 2. The molecule has 0 unspecified atom stereocenters. The Balaban J connectivity index is 0. The second-order valence-corrected chi connectivity index (χ2v) is 3.97. The van der Waals surface area contributed by atoms with Crippen LogP contribution in [0.25, 0.3) is 0 Å². The van der Waals surface area contributed by atoms with Crippen LogP contribution in [0.4, 0.5) is 0 Å². The molecule has 0 heterocycles. The van der Waals surface area contributed by atoms with Crippen molar-refractivity contribution in [1.82, 2.24) is 0 Å². The Morgan fingerprint density at radius 2 is 1.50 bits per heavy atom. The van der Waals surface area contributed by atoms with Crippen LogP contribution in [-0.2, 0) is 9.59 Å². The van der Waals surface area contributed by atoms with Gasteiger partial charge in [0.2, 0.25) is 0 Å². The van der Waals surface area contributed by atoms with E-state index in [1.807, 2.05) is 0 Å². The minimum absolute atomic E-state index is 0.343. The number of rotatable bonds is 9. The standard InChI is InChI=1S/C11H20O2.C3H4O2/c1-3-4-5-6-7-8-9-10(2)11(12)13;1-2-3(4)5/h2-9H2,1H3,(H,12,13);2H,1H2,(H,4,5). The highest BCUT2D eigenvalue weighted by molar-refractivity contribution is 5.85. The van der Waals surface area contributed by atoms with Crippen molar-refractivity contribution in [3.63, 3.8) is 0 Å². The minimum atomic E-state index is -0.981. The van der Waals surface area contributed by atoms with Crippen LogP contribution in [0.5, 0.6) is 0 Å². The molecule has 0 atom stereocenters. The summed E-state index contributed by atoms with van der Waals surface area (Å²) in [4.78, 5) is 19.6. The van der Waals surface area contributed by atoms with E-state index >= 15 is 0 Å². The van der Waals surface area contributed by atoms with Gasteiger partial charge in [0.1, 0.15) is 0 Å². The highest BCUT2D eigenvalue weighted by atomic mass is 16.4. The average molecular weight is 256 g/mol. The molecule has 2 N–H and O–H groups in total. The van der Waals surface area contributed by atoms with E-state index in [0.29, 0.717) is 12.0 Å². The highest BCUT2D eigenvalue weighted by Crippen LogP contribution is 2.10. The van der Waals surface area contributed by atoms with E-state index in [1.165, 1.54) is 25.7 Å². The lowest BCUT2D eigenvalue weighted by molar-refractivity contribution is -0.133. The topological polar surface area (TPSA) is 74.6 Å². The third-order valence-corrected chi connectivity index (χ3v) is 2.31. The lowest BCUT2D eigenvalue weighted by Crippen LogP contribution is -1.98. The van der Waals surface area contributed by atoms with E-state index in [4.69, 9.17) is 10.2 Å². The fourth-order valence-electron chi connectivity index (χ4n) is 1.23. The summed E-state index contributed by atoms with van der Waals surface area (Å²) < 4.78 is 0. The van der Waals surface area contributed by atoms with E-state index in [1.54, 1.807) is 0 Å². The number of unbranched alkanes of at least 4 members (excludes halogenated alkanes) is 5. The van der Waals surface area contributed by atoms with Crippen LogP contribution in [0.2, 0.25) is 0 Å². The second kappa shape index (κ2) is 13.5. The fourth-order valence-corrected chi connectivity index (χ4v) is 1.23. The average Bonchev–Trinajstić information content (AvgIpc) is 2.33. The van der Waals surface area contributed by atoms with Gasteiger partial charge in [-0.25, -0.2) is 9.59 Å². The molecule has 0 aliphatic heterocycles. The molecule has 104 valence electrons. The van der Waals surface area contributed by atoms with Crippen molar-refractivity contribution in [2.45, 2.75) is 51.9 Å². The van der Waals surface area contributed by atoms with E-state index in [-0.39, 0.29) is 0 Å². The predicted octanol–water partition coefficient (Wildman–Crippen LogP) is 3.63. The van der Waals surface area contributed by atoms with Crippen molar-refractivity contribution in [2.24, 2.45) is 0 Å². The lowest BCUT2D eigenvalue weighted by atomic mass is 10.1. The molecule has 0 aliphatic rings. The summed E-state index contributed by atoms with van der Waals surface area (Å²) in [6, 6.07) is 0. The predicted molar refractivity (Wildman–Crippen MR) is 72.6 cm³/mol. The van der Waals surface area contributed by atoms with E-state index < -0.39 is 11.9 Å². The van der Waals surface area contributed by atoms with Crippen LogP contribution in [-0.4, -0.2) is 22.2 Å². The summed E-state index contributed by atoms with van der Waals surface area (Å²) >= 11 is 0. The number of carboxylic acids is 2. The Morgan fingerprint density at radius 1 is 1.06 bits per heavy atom. The van der Waals surface area contributed by atoms with Crippen LogP contribution in [0.3, 0.4) is 0 Å². The first-order chi connectivity index (χ1) is 8.45. The Labute approximate surface area is 109 Å². The molecule has 0 radical (unpaired) electrons. The fraction of sp³-hybridized carbons (Fsp3) is 0.571. The van der Waals surface area contributed by atoms with Crippen LogP contribution in [0, 0.1) is 0 Å².